The molecule has 0 atom stereocenters. The van der Waals surface area contributed by atoms with Gasteiger partial charge in [0.1, 0.15) is 0 Å². The van der Waals surface area contributed by atoms with Crippen LogP contribution < -0.4 is 0 Å². The van der Waals surface area contributed by atoms with Crippen molar-refractivity contribution in [3.63, 3.8) is 0 Å². The maximum atomic E-state index is 2.44. The molecule has 1 heterocycles. The van der Waals surface area contributed by atoms with E-state index in [2.05, 4.69) is 68.1 Å². The largest absolute Gasteiger partial charge is 0.302 e. The Morgan fingerprint density at radius 3 is 2.55 bits per heavy atom. The van der Waals surface area contributed by atoms with E-state index in [1.807, 2.05) is 0 Å². The molecule has 1 aromatic rings. The molecule has 0 N–H and O–H groups in total. The lowest BCUT2D eigenvalue weighted by molar-refractivity contribution is 0.310. The molecule has 2 heteroatoms. The molecule has 0 saturated heterocycles. The van der Waals surface area contributed by atoms with Crippen molar-refractivity contribution in [2.45, 2.75) is 39.7 Å². The highest BCUT2D eigenvalue weighted by Gasteiger charge is 2.10. The predicted octanol–water partition coefficient (Wildman–Crippen LogP) is 4.27. The van der Waals surface area contributed by atoms with Crippen LogP contribution in [0.3, 0.4) is 0 Å². The summed E-state index contributed by atoms with van der Waals surface area (Å²) in [6.07, 6.45) is 6.19. The SMILES string of the molecule is CC(C)CCCN(C)Cc1ccc(C2=CCCN(C)C2)cc1. The van der Waals surface area contributed by atoms with Gasteiger partial charge in [-0.05, 0) is 62.5 Å². The van der Waals surface area contributed by atoms with E-state index < -0.39 is 0 Å². The Kier molecular flexibility index (Phi) is 6.66. The standard InChI is InChI=1S/C20H32N2/c1-17(2)7-5-13-21(3)15-18-9-11-19(12-10-18)20-8-6-14-22(4)16-20/h8-12,17H,5-7,13-16H2,1-4H3. The third-order valence-corrected chi connectivity index (χ3v) is 4.44. The first-order chi connectivity index (χ1) is 10.5. The van der Waals surface area contributed by atoms with E-state index in [1.165, 1.54) is 49.1 Å². The van der Waals surface area contributed by atoms with Crippen molar-refractivity contribution in [3.8, 4) is 0 Å². The number of benzene rings is 1. The van der Waals surface area contributed by atoms with Crippen LogP contribution in [0.5, 0.6) is 0 Å². The Labute approximate surface area is 136 Å². The number of hydrogen-bond donors (Lipinski definition) is 0. The average molecular weight is 300 g/mol. The van der Waals surface area contributed by atoms with Crippen LogP contribution in [0.1, 0.15) is 44.2 Å². The van der Waals surface area contributed by atoms with Gasteiger partial charge in [-0.15, -0.1) is 0 Å². The van der Waals surface area contributed by atoms with Gasteiger partial charge in [-0.25, -0.2) is 0 Å². The van der Waals surface area contributed by atoms with E-state index in [0.29, 0.717) is 0 Å². The highest BCUT2D eigenvalue weighted by molar-refractivity contribution is 5.67. The molecule has 0 unspecified atom stereocenters. The second-order valence-electron chi connectivity index (χ2n) is 7.23. The van der Waals surface area contributed by atoms with E-state index >= 15 is 0 Å². The molecule has 22 heavy (non-hydrogen) atoms. The maximum Gasteiger partial charge on any atom is 0.0233 e. The number of hydrogen-bond acceptors (Lipinski definition) is 2. The smallest absolute Gasteiger partial charge is 0.0233 e. The van der Waals surface area contributed by atoms with Gasteiger partial charge in [-0.3, -0.25) is 0 Å². The number of nitrogens with zero attached hydrogens (tertiary/aromatic N) is 2. The first-order valence-electron chi connectivity index (χ1n) is 8.70. The van der Waals surface area contributed by atoms with Crippen LogP contribution in [-0.2, 0) is 6.54 Å². The molecule has 1 aliphatic heterocycles. The molecule has 1 aliphatic rings. The Balaban J connectivity index is 1.85. The van der Waals surface area contributed by atoms with Crippen molar-refractivity contribution in [2.24, 2.45) is 5.92 Å². The molecule has 0 fully saturated rings. The van der Waals surface area contributed by atoms with Gasteiger partial charge in [0, 0.05) is 19.6 Å². The van der Waals surface area contributed by atoms with Gasteiger partial charge in [-0.2, -0.15) is 0 Å². The third kappa shape index (κ3) is 5.58. The van der Waals surface area contributed by atoms with Gasteiger partial charge in [0.05, 0.1) is 0 Å². The van der Waals surface area contributed by atoms with Crippen LogP contribution in [0, 0.1) is 5.92 Å². The van der Waals surface area contributed by atoms with E-state index in [4.69, 9.17) is 0 Å². The van der Waals surface area contributed by atoms with E-state index in [0.717, 1.165) is 19.0 Å². The second kappa shape index (κ2) is 8.50. The molecular weight excluding hydrogens is 268 g/mol. The average Bonchev–Trinajstić information content (AvgIpc) is 2.47. The Morgan fingerprint density at radius 1 is 1.18 bits per heavy atom. The van der Waals surface area contributed by atoms with Crippen LogP contribution in [-0.4, -0.2) is 43.5 Å². The second-order valence-corrected chi connectivity index (χ2v) is 7.23. The highest BCUT2D eigenvalue weighted by atomic mass is 15.1. The van der Waals surface area contributed by atoms with Crippen molar-refractivity contribution < 1.29 is 0 Å². The van der Waals surface area contributed by atoms with Crippen LogP contribution >= 0.6 is 0 Å². The van der Waals surface area contributed by atoms with Crippen molar-refractivity contribution in [3.05, 3.63) is 41.5 Å². The summed E-state index contributed by atoms with van der Waals surface area (Å²) in [7, 11) is 4.43. The first kappa shape index (κ1) is 17.2. The van der Waals surface area contributed by atoms with Crippen molar-refractivity contribution >= 4 is 5.57 Å². The van der Waals surface area contributed by atoms with Crippen molar-refractivity contribution in [1.29, 1.82) is 0 Å². The molecule has 0 aliphatic carbocycles. The highest BCUT2D eigenvalue weighted by Crippen LogP contribution is 2.20. The van der Waals surface area contributed by atoms with Crippen LogP contribution in [0.4, 0.5) is 0 Å². The minimum atomic E-state index is 0.814. The fourth-order valence-electron chi connectivity index (χ4n) is 3.09. The Hall–Kier alpha value is -1.12. The summed E-state index contributed by atoms with van der Waals surface area (Å²) in [5.41, 5.74) is 4.28. The Bertz CT molecular complexity index is 473. The summed E-state index contributed by atoms with van der Waals surface area (Å²) < 4.78 is 0. The Morgan fingerprint density at radius 2 is 1.91 bits per heavy atom. The molecule has 0 aromatic heterocycles. The fraction of sp³-hybridized carbons (Fsp3) is 0.600. The van der Waals surface area contributed by atoms with Gasteiger partial charge < -0.3 is 9.80 Å². The molecule has 0 saturated carbocycles. The molecule has 0 bridgehead atoms. The molecule has 0 radical (unpaired) electrons. The topological polar surface area (TPSA) is 6.48 Å². The summed E-state index contributed by atoms with van der Waals surface area (Å²) in [6.45, 7) is 9.11. The molecule has 0 spiro atoms. The minimum absolute atomic E-state index is 0.814. The lowest BCUT2D eigenvalue weighted by Crippen LogP contribution is -2.24. The van der Waals surface area contributed by atoms with Crippen LogP contribution in [0.15, 0.2) is 30.3 Å². The van der Waals surface area contributed by atoms with Gasteiger partial charge in [0.25, 0.3) is 0 Å². The predicted molar refractivity (Wildman–Crippen MR) is 96.9 cm³/mol. The third-order valence-electron chi connectivity index (χ3n) is 4.44. The zero-order valence-corrected chi connectivity index (χ0v) is 14.8. The van der Waals surface area contributed by atoms with Crippen LogP contribution in [0.2, 0.25) is 0 Å². The number of likely N-dealkylation sites (N-methyl/N-ethyl adjacent to an activating group) is 1. The lowest BCUT2D eigenvalue weighted by atomic mass is 10.00. The zero-order valence-electron chi connectivity index (χ0n) is 14.8. The molecule has 2 rings (SSSR count). The van der Waals surface area contributed by atoms with Gasteiger partial charge >= 0.3 is 0 Å². The van der Waals surface area contributed by atoms with Crippen molar-refractivity contribution in [1.82, 2.24) is 9.80 Å². The quantitative estimate of drug-likeness (QED) is 0.742. The monoisotopic (exact) mass is 300 g/mol. The minimum Gasteiger partial charge on any atom is -0.302 e. The maximum absolute atomic E-state index is 2.44. The molecule has 1 aromatic carbocycles. The summed E-state index contributed by atoms with van der Waals surface area (Å²) >= 11 is 0. The molecular formula is C20H32N2. The van der Waals surface area contributed by atoms with E-state index in [-0.39, 0.29) is 0 Å². The first-order valence-corrected chi connectivity index (χ1v) is 8.70. The molecule has 122 valence electrons. The van der Waals surface area contributed by atoms with Gasteiger partial charge in [0.2, 0.25) is 0 Å². The summed E-state index contributed by atoms with van der Waals surface area (Å²) in [4.78, 5) is 4.83. The van der Waals surface area contributed by atoms with Gasteiger partial charge in [0.15, 0.2) is 0 Å². The van der Waals surface area contributed by atoms with Crippen LogP contribution in [0.25, 0.3) is 5.57 Å². The summed E-state index contributed by atoms with van der Waals surface area (Å²) in [5, 5.41) is 0. The lowest BCUT2D eigenvalue weighted by Gasteiger charge is -2.23. The van der Waals surface area contributed by atoms with Crippen molar-refractivity contribution in [2.75, 3.05) is 33.7 Å². The summed E-state index contributed by atoms with van der Waals surface area (Å²) in [6, 6.07) is 9.18. The van der Waals surface area contributed by atoms with E-state index in [1.54, 1.807) is 0 Å². The molecule has 2 nitrogen and oxygen atoms in total. The normalized spacial score (nSPS) is 16.4. The molecule has 0 amide bonds. The zero-order chi connectivity index (χ0) is 15.9. The summed E-state index contributed by atoms with van der Waals surface area (Å²) in [5.74, 6) is 0.814. The van der Waals surface area contributed by atoms with Gasteiger partial charge in [-0.1, -0.05) is 44.2 Å². The number of rotatable bonds is 7. The van der Waals surface area contributed by atoms with E-state index in [9.17, 15) is 0 Å². The fourth-order valence-corrected chi connectivity index (χ4v) is 3.09.